The van der Waals surface area contributed by atoms with Crippen molar-refractivity contribution in [2.24, 2.45) is 13.0 Å². The van der Waals surface area contributed by atoms with Crippen LogP contribution in [0.4, 0.5) is 4.39 Å². The molecule has 166 valence electrons. The van der Waals surface area contributed by atoms with E-state index in [4.69, 9.17) is 11.6 Å². The molecule has 0 spiro atoms. The summed E-state index contributed by atoms with van der Waals surface area (Å²) in [5.74, 6) is 0.538. The van der Waals surface area contributed by atoms with Crippen LogP contribution < -0.4 is 0 Å². The summed E-state index contributed by atoms with van der Waals surface area (Å²) in [6.45, 7) is 2.75. The number of sulfonamides is 1. The topological polar surface area (TPSA) is 123 Å². The van der Waals surface area contributed by atoms with Gasteiger partial charge in [-0.15, -0.1) is 5.10 Å². The lowest BCUT2D eigenvalue weighted by Crippen LogP contribution is -2.43. The standard InChI is InChI=1S/C18H22ClFN8O2S/c1-11-10-28(31(29,30)8-6-15-24-25-26-27(15)2)7-5-13(11)16-17(19)23-18(22-16)14-4-3-12(20)9-21-14/h3-4,9,11,13H,5-8,10H2,1-2H3,(H,22,23)/t11-,13+/m0/s1. The van der Waals surface area contributed by atoms with Crippen LogP contribution in [0.25, 0.3) is 11.5 Å². The molecular weight excluding hydrogens is 447 g/mol. The first-order chi connectivity index (χ1) is 14.7. The van der Waals surface area contributed by atoms with E-state index in [0.717, 1.165) is 11.9 Å². The third kappa shape index (κ3) is 4.60. The fourth-order valence-corrected chi connectivity index (χ4v) is 5.66. The second-order valence-electron chi connectivity index (χ2n) is 7.67. The van der Waals surface area contributed by atoms with E-state index in [9.17, 15) is 12.8 Å². The molecule has 0 unspecified atom stereocenters. The molecule has 1 aliphatic heterocycles. The molecule has 3 aromatic heterocycles. The summed E-state index contributed by atoms with van der Waals surface area (Å²) >= 11 is 6.38. The Morgan fingerprint density at radius 2 is 2.16 bits per heavy atom. The smallest absolute Gasteiger partial charge is 0.214 e. The summed E-state index contributed by atoms with van der Waals surface area (Å²) in [5.41, 5.74) is 1.23. The van der Waals surface area contributed by atoms with Crippen LogP contribution in [0.3, 0.4) is 0 Å². The Balaban J connectivity index is 1.44. The lowest BCUT2D eigenvalue weighted by molar-refractivity contribution is 0.246. The molecule has 1 saturated heterocycles. The van der Waals surface area contributed by atoms with E-state index >= 15 is 0 Å². The molecule has 4 rings (SSSR count). The maximum Gasteiger partial charge on any atom is 0.214 e. The number of hydrogen-bond donors (Lipinski definition) is 1. The molecule has 0 amide bonds. The van der Waals surface area contributed by atoms with Gasteiger partial charge < -0.3 is 4.98 Å². The van der Waals surface area contributed by atoms with Gasteiger partial charge in [0, 0.05) is 32.5 Å². The van der Waals surface area contributed by atoms with Crippen LogP contribution in [0, 0.1) is 11.7 Å². The summed E-state index contributed by atoms with van der Waals surface area (Å²) < 4.78 is 41.8. The normalized spacial score (nSPS) is 20.3. The van der Waals surface area contributed by atoms with Crippen molar-refractivity contribution in [3.8, 4) is 11.5 Å². The molecule has 2 atom stereocenters. The number of H-pyrrole nitrogens is 1. The van der Waals surface area contributed by atoms with Crippen LogP contribution >= 0.6 is 11.6 Å². The third-order valence-electron chi connectivity index (χ3n) is 5.58. The number of rotatable bonds is 6. The Kier molecular flexibility index (Phi) is 6.04. The molecule has 4 heterocycles. The van der Waals surface area contributed by atoms with Crippen molar-refractivity contribution in [1.29, 1.82) is 0 Å². The molecule has 0 radical (unpaired) electrons. The van der Waals surface area contributed by atoms with E-state index < -0.39 is 15.8 Å². The quantitative estimate of drug-likeness (QED) is 0.585. The number of halogens is 2. The molecule has 10 nitrogen and oxygen atoms in total. The van der Waals surface area contributed by atoms with Crippen molar-refractivity contribution in [1.82, 2.24) is 39.5 Å². The van der Waals surface area contributed by atoms with Crippen LogP contribution in [0.1, 0.15) is 30.8 Å². The largest absolute Gasteiger partial charge is 0.339 e. The van der Waals surface area contributed by atoms with Crippen molar-refractivity contribution in [2.75, 3.05) is 18.8 Å². The average Bonchev–Trinajstić information content (AvgIpc) is 3.32. The first-order valence-electron chi connectivity index (χ1n) is 9.81. The fraction of sp³-hybridized carbons (Fsp3) is 0.500. The second-order valence-corrected chi connectivity index (χ2v) is 10.1. The van der Waals surface area contributed by atoms with Gasteiger partial charge in [0.25, 0.3) is 0 Å². The summed E-state index contributed by atoms with van der Waals surface area (Å²) in [7, 11) is -1.77. The van der Waals surface area contributed by atoms with Crippen LogP contribution in [-0.2, 0) is 23.5 Å². The van der Waals surface area contributed by atoms with Crippen molar-refractivity contribution in [3.05, 3.63) is 40.8 Å². The van der Waals surface area contributed by atoms with Crippen molar-refractivity contribution < 1.29 is 12.8 Å². The molecular formula is C18H22ClFN8O2S. The summed E-state index contributed by atoms with van der Waals surface area (Å²) in [6, 6.07) is 2.83. The highest BCUT2D eigenvalue weighted by Gasteiger charge is 2.35. The molecule has 0 aliphatic carbocycles. The van der Waals surface area contributed by atoms with E-state index in [0.29, 0.717) is 42.0 Å². The lowest BCUT2D eigenvalue weighted by atomic mass is 9.86. The first kappa shape index (κ1) is 21.8. The minimum absolute atomic E-state index is 0.0172. The Morgan fingerprint density at radius 3 is 2.81 bits per heavy atom. The number of nitrogens with zero attached hydrogens (tertiary/aromatic N) is 7. The molecule has 0 saturated carbocycles. The second kappa shape index (κ2) is 8.60. The lowest BCUT2D eigenvalue weighted by Gasteiger charge is -2.35. The highest BCUT2D eigenvalue weighted by molar-refractivity contribution is 7.89. The third-order valence-corrected chi connectivity index (χ3v) is 7.71. The van der Waals surface area contributed by atoms with Gasteiger partial charge in [0.1, 0.15) is 11.5 Å². The van der Waals surface area contributed by atoms with Crippen LogP contribution in [-0.4, -0.2) is 66.7 Å². The number of hydrogen-bond acceptors (Lipinski definition) is 7. The van der Waals surface area contributed by atoms with Crippen molar-refractivity contribution in [3.63, 3.8) is 0 Å². The van der Waals surface area contributed by atoms with E-state index in [1.54, 1.807) is 7.05 Å². The molecule has 13 heteroatoms. The summed E-state index contributed by atoms with van der Waals surface area (Å²) in [4.78, 5) is 11.6. The molecule has 3 aromatic rings. The first-order valence-corrected chi connectivity index (χ1v) is 11.8. The molecule has 0 bridgehead atoms. The van der Waals surface area contributed by atoms with Gasteiger partial charge in [0.2, 0.25) is 10.0 Å². The van der Waals surface area contributed by atoms with Crippen molar-refractivity contribution in [2.45, 2.75) is 25.7 Å². The summed E-state index contributed by atoms with van der Waals surface area (Å²) in [6.07, 6.45) is 1.97. The van der Waals surface area contributed by atoms with Gasteiger partial charge in [0.15, 0.2) is 16.8 Å². The monoisotopic (exact) mass is 468 g/mol. The zero-order valence-corrected chi connectivity index (χ0v) is 18.6. The van der Waals surface area contributed by atoms with Gasteiger partial charge in [-0.1, -0.05) is 18.5 Å². The Hall–Kier alpha value is -2.44. The minimum atomic E-state index is -3.45. The number of pyridine rings is 1. The van der Waals surface area contributed by atoms with Gasteiger partial charge in [-0.2, -0.15) is 0 Å². The number of tetrazole rings is 1. The Labute approximate surface area is 183 Å². The van der Waals surface area contributed by atoms with E-state index in [2.05, 4.69) is 30.5 Å². The van der Waals surface area contributed by atoms with Crippen LogP contribution in [0.2, 0.25) is 5.15 Å². The predicted octanol–water partition coefficient (Wildman–Crippen LogP) is 1.79. The van der Waals surface area contributed by atoms with Crippen molar-refractivity contribution >= 4 is 21.6 Å². The van der Waals surface area contributed by atoms with Gasteiger partial charge in [-0.25, -0.2) is 31.8 Å². The zero-order valence-electron chi connectivity index (χ0n) is 17.0. The van der Waals surface area contributed by atoms with E-state index in [1.165, 1.54) is 21.1 Å². The Morgan fingerprint density at radius 1 is 1.35 bits per heavy atom. The summed E-state index contributed by atoms with van der Waals surface area (Å²) in [5, 5.41) is 11.4. The van der Waals surface area contributed by atoms with Gasteiger partial charge in [-0.3, -0.25) is 0 Å². The maximum absolute atomic E-state index is 13.1. The highest BCUT2D eigenvalue weighted by atomic mass is 35.5. The number of aromatic amines is 1. The van der Waals surface area contributed by atoms with Gasteiger partial charge >= 0.3 is 0 Å². The number of aromatic nitrogens is 7. The molecule has 1 fully saturated rings. The van der Waals surface area contributed by atoms with Crippen LogP contribution in [0.5, 0.6) is 0 Å². The van der Waals surface area contributed by atoms with E-state index in [-0.39, 0.29) is 24.0 Å². The van der Waals surface area contributed by atoms with Crippen LogP contribution in [0.15, 0.2) is 18.3 Å². The number of imidazole rings is 1. The Bertz CT molecular complexity index is 1160. The van der Waals surface area contributed by atoms with E-state index in [1.807, 2.05) is 6.92 Å². The SMILES string of the molecule is C[C@H]1CN(S(=O)(=O)CCc2nnnn2C)CC[C@H]1c1[nH]c(-c2ccc(F)cn2)nc1Cl. The number of nitrogens with one attached hydrogen (secondary N) is 1. The molecule has 1 N–H and O–H groups in total. The van der Waals surface area contributed by atoms with Gasteiger partial charge in [0.05, 0.1) is 17.6 Å². The zero-order chi connectivity index (χ0) is 22.2. The average molecular weight is 469 g/mol. The van der Waals surface area contributed by atoms with Gasteiger partial charge in [-0.05, 0) is 34.9 Å². The molecule has 1 aliphatic rings. The maximum atomic E-state index is 13.1. The highest BCUT2D eigenvalue weighted by Crippen LogP contribution is 2.37. The number of aryl methyl sites for hydroxylation is 2. The molecule has 0 aromatic carbocycles. The fourth-order valence-electron chi connectivity index (χ4n) is 3.85. The number of piperidine rings is 1. The predicted molar refractivity (Wildman–Crippen MR) is 111 cm³/mol. The molecule has 31 heavy (non-hydrogen) atoms. The minimum Gasteiger partial charge on any atom is -0.339 e.